The van der Waals surface area contributed by atoms with Gasteiger partial charge in [-0.15, -0.1) is 0 Å². The summed E-state index contributed by atoms with van der Waals surface area (Å²) < 4.78 is 5.35. The Hall–Kier alpha value is -3.35. The van der Waals surface area contributed by atoms with E-state index in [-0.39, 0.29) is 17.4 Å². The van der Waals surface area contributed by atoms with Gasteiger partial charge in [-0.3, -0.25) is 9.59 Å². The molecule has 0 radical (unpaired) electrons. The van der Waals surface area contributed by atoms with E-state index in [4.69, 9.17) is 9.84 Å². The Morgan fingerprint density at radius 1 is 1.04 bits per heavy atom. The molecule has 1 atom stereocenters. The predicted octanol–water partition coefficient (Wildman–Crippen LogP) is 3.18. The molecule has 2 aromatic rings. The van der Waals surface area contributed by atoms with Crippen LogP contribution in [0, 0.1) is 5.92 Å². The number of rotatable bonds is 8. The van der Waals surface area contributed by atoms with Crippen LogP contribution in [0.25, 0.3) is 0 Å². The van der Waals surface area contributed by atoms with Gasteiger partial charge in [0.05, 0.1) is 12.2 Å². The van der Waals surface area contributed by atoms with Crippen LogP contribution >= 0.6 is 0 Å². The Bertz CT molecular complexity index is 846. The summed E-state index contributed by atoms with van der Waals surface area (Å²) in [6, 6.07) is 11.8. The number of aromatic carboxylic acids is 1. The summed E-state index contributed by atoms with van der Waals surface area (Å²) in [5.41, 5.74) is 0.831. The molecule has 148 valence electrons. The van der Waals surface area contributed by atoms with Crippen molar-refractivity contribution in [2.45, 2.75) is 26.8 Å². The van der Waals surface area contributed by atoms with Gasteiger partial charge in [0.2, 0.25) is 5.91 Å². The lowest BCUT2D eigenvalue weighted by Gasteiger charge is -2.22. The fourth-order valence-corrected chi connectivity index (χ4v) is 2.58. The highest BCUT2D eigenvalue weighted by Crippen LogP contribution is 2.15. The zero-order chi connectivity index (χ0) is 20.7. The van der Waals surface area contributed by atoms with Crippen LogP contribution in [0.1, 0.15) is 41.5 Å². The molecule has 0 saturated heterocycles. The van der Waals surface area contributed by atoms with Crippen molar-refractivity contribution in [1.82, 2.24) is 5.32 Å². The molecule has 0 saturated carbocycles. The van der Waals surface area contributed by atoms with Crippen molar-refractivity contribution in [2.24, 2.45) is 5.92 Å². The van der Waals surface area contributed by atoms with Gasteiger partial charge in [0, 0.05) is 11.3 Å². The van der Waals surface area contributed by atoms with Crippen molar-refractivity contribution in [3.05, 3.63) is 59.7 Å². The Morgan fingerprint density at radius 2 is 1.71 bits per heavy atom. The Kier molecular flexibility index (Phi) is 7.14. The van der Waals surface area contributed by atoms with Crippen LogP contribution in [-0.4, -0.2) is 35.5 Å². The van der Waals surface area contributed by atoms with Gasteiger partial charge in [-0.25, -0.2) is 4.79 Å². The lowest BCUT2D eigenvalue weighted by molar-refractivity contribution is -0.118. The molecular formula is C21H24N2O5. The summed E-state index contributed by atoms with van der Waals surface area (Å²) >= 11 is 0. The molecular weight excluding hydrogens is 360 g/mol. The lowest BCUT2D eigenvalue weighted by Crippen LogP contribution is -2.47. The number of hydrogen-bond acceptors (Lipinski definition) is 4. The first-order chi connectivity index (χ1) is 13.3. The number of carboxylic acids is 1. The topological polar surface area (TPSA) is 105 Å². The number of carbonyl (C=O) groups is 3. The largest absolute Gasteiger partial charge is 0.494 e. The van der Waals surface area contributed by atoms with Crippen molar-refractivity contribution >= 4 is 23.5 Å². The second kappa shape index (κ2) is 9.55. The van der Waals surface area contributed by atoms with Gasteiger partial charge in [0.15, 0.2) is 0 Å². The highest BCUT2D eigenvalue weighted by atomic mass is 16.5. The fraction of sp³-hybridized carbons (Fsp3) is 0.286. The van der Waals surface area contributed by atoms with E-state index in [2.05, 4.69) is 10.6 Å². The van der Waals surface area contributed by atoms with Crippen molar-refractivity contribution in [1.29, 1.82) is 0 Å². The van der Waals surface area contributed by atoms with Crippen LogP contribution in [0.15, 0.2) is 48.5 Å². The number of ether oxygens (including phenoxy) is 1. The maximum absolute atomic E-state index is 12.6. The Balaban J connectivity index is 2.09. The van der Waals surface area contributed by atoms with Crippen LogP contribution < -0.4 is 15.4 Å². The van der Waals surface area contributed by atoms with Gasteiger partial charge in [-0.1, -0.05) is 19.9 Å². The van der Waals surface area contributed by atoms with E-state index in [0.717, 1.165) is 0 Å². The number of amides is 2. The highest BCUT2D eigenvalue weighted by molar-refractivity contribution is 6.01. The molecule has 0 fully saturated rings. The molecule has 3 N–H and O–H groups in total. The van der Waals surface area contributed by atoms with E-state index in [0.29, 0.717) is 23.6 Å². The maximum Gasteiger partial charge on any atom is 0.335 e. The normalized spacial score (nSPS) is 11.6. The average Bonchev–Trinajstić information content (AvgIpc) is 2.66. The van der Waals surface area contributed by atoms with Crippen LogP contribution in [0.3, 0.4) is 0 Å². The second-order valence-corrected chi connectivity index (χ2v) is 6.53. The molecule has 0 aliphatic heterocycles. The maximum atomic E-state index is 12.6. The van der Waals surface area contributed by atoms with Gasteiger partial charge in [-0.2, -0.15) is 0 Å². The third-order valence-electron chi connectivity index (χ3n) is 4.04. The van der Waals surface area contributed by atoms with Gasteiger partial charge in [0.25, 0.3) is 5.91 Å². The lowest BCUT2D eigenvalue weighted by atomic mass is 10.0. The van der Waals surface area contributed by atoms with E-state index < -0.39 is 17.9 Å². The summed E-state index contributed by atoms with van der Waals surface area (Å²) in [5, 5.41) is 14.5. The molecule has 0 aromatic heterocycles. The summed E-state index contributed by atoms with van der Waals surface area (Å²) in [6.45, 7) is 6.04. The van der Waals surface area contributed by atoms with Crippen LogP contribution in [0.4, 0.5) is 5.69 Å². The molecule has 1 unspecified atom stereocenters. The molecule has 28 heavy (non-hydrogen) atoms. The van der Waals surface area contributed by atoms with Crippen molar-refractivity contribution < 1.29 is 24.2 Å². The molecule has 0 heterocycles. The van der Waals surface area contributed by atoms with Gasteiger partial charge in [0.1, 0.15) is 11.8 Å². The molecule has 2 aromatic carbocycles. The first kappa shape index (κ1) is 21.0. The molecule has 0 spiro atoms. The first-order valence-electron chi connectivity index (χ1n) is 8.99. The monoisotopic (exact) mass is 384 g/mol. The molecule has 7 nitrogen and oxygen atoms in total. The molecule has 2 rings (SSSR count). The quantitative estimate of drug-likeness (QED) is 0.648. The molecule has 2 amide bonds. The van der Waals surface area contributed by atoms with Crippen molar-refractivity contribution in [3.63, 3.8) is 0 Å². The minimum atomic E-state index is -1.08. The van der Waals surface area contributed by atoms with E-state index >= 15 is 0 Å². The Labute approximate surface area is 163 Å². The van der Waals surface area contributed by atoms with Crippen LogP contribution in [0.2, 0.25) is 0 Å². The molecule has 0 aliphatic carbocycles. The minimum absolute atomic E-state index is 0.0670. The number of hydrogen-bond donors (Lipinski definition) is 3. The molecule has 7 heteroatoms. The van der Waals surface area contributed by atoms with E-state index in [1.54, 1.807) is 36.4 Å². The Morgan fingerprint density at radius 3 is 2.29 bits per heavy atom. The number of anilines is 1. The predicted molar refractivity (Wildman–Crippen MR) is 106 cm³/mol. The smallest absolute Gasteiger partial charge is 0.335 e. The third-order valence-corrected chi connectivity index (χ3v) is 4.04. The zero-order valence-corrected chi connectivity index (χ0v) is 16.1. The standard InChI is InChI=1S/C21H24N2O5/c1-4-28-17-10-8-14(9-11-17)19(24)23-18(13(2)3)20(25)22-16-7-5-6-15(12-16)21(26)27/h5-13,18H,4H2,1-3H3,(H,22,25)(H,23,24)(H,26,27). The summed E-state index contributed by atoms with van der Waals surface area (Å²) in [4.78, 5) is 36.2. The highest BCUT2D eigenvalue weighted by Gasteiger charge is 2.25. The van der Waals surface area contributed by atoms with Gasteiger partial charge < -0.3 is 20.5 Å². The van der Waals surface area contributed by atoms with Crippen LogP contribution in [0.5, 0.6) is 5.75 Å². The zero-order valence-electron chi connectivity index (χ0n) is 16.1. The summed E-state index contributed by atoms with van der Waals surface area (Å²) in [6.07, 6.45) is 0. The van der Waals surface area contributed by atoms with E-state index in [9.17, 15) is 14.4 Å². The van der Waals surface area contributed by atoms with Gasteiger partial charge >= 0.3 is 5.97 Å². The van der Waals surface area contributed by atoms with Crippen LogP contribution in [-0.2, 0) is 4.79 Å². The average molecular weight is 384 g/mol. The van der Waals surface area contributed by atoms with Crippen molar-refractivity contribution in [2.75, 3.05) is 11.9 Å². The summed E-state index contributed by atoms with van der Waals surface area (Å²) in [5.74, 6) is -1.39. The number of carbonyl (C=O) groups excluding carboxylic acids is 2. The van der Waals surface area contributed by atoms with Gasteiger partial charge in [-0.05, 0) is 55.3 Å². The van der Waals surface area contributed by atoms with E-state index in [1.165, 1.54) is 12.1 Å². The first-order valence-corrected chi connectivity index (χ1v) is 8.99. The number of nitrogens with one attached hydrogen (secondary N) is 2. The van der Waals surface area contributed by atoms with E-state index in [1.807, 2.05) is 20.8 Å². The molecule has 0 aliphatic rings. The number of benzene rings is 2. The minimum Gasteiger partial charge on any atom is -0.494 e. The fourth-order valence-electron chi connectivity index (χ4n) is 2.58. The molecule has 0 bridgehead atoms. The number of carboxylic acid groups (broad SMARTS) is 1. The third kappa shape index (κ3) is 5.57. The second-order valence-electron chi connectivity index (χ2n) is 6.53. The SMILES string of the molecule is CCOc1ccc(C(=O)NC(C(=O)Nc2cccc(C(=O)O)c2)C(C)C)cc1. The summed E-state index contributed by atoms with van der Waals surface area (Å²) in [7, 11) is 0. The van der Waals surface area contributed by atoms with Crippen molar-refractivity contribution in [3.8, 4) is 5.75 Å².